The van der Waals surface area contributed by atoms with Crippen LogP contribution in [0, 0.1) is 5.82 Å². The Bertz CT molecular complexity index is 852. The van der Waals surface area contributed by atoms with Gasteiger partial charge in [0.1, 0.15) is 5.82 Å². The average Bonchev–Trinajstić information content (AvgIpc) is 2.62. The van der Waals surface area contributed by atoms with Crippen molar-refractivity contribution in [2.75, 3.05) is 12.3 Å². The van der Waals surface area contributed by atoms with E-state index >= 15 is 0 Å². The predicted octanol–water partition coefficient (Wildman–Crippen LogP) is 3.42. The van der Waals surface area contributed by atoms with E-state index in [-0.39, 0.29) is 22.7 Å². The van der Waals surface area contributed by atoms with Gasteiger partial charge in [-0.15, -0.1) is 11.8 Å². The second-order valence-electron chi connectivity index (χ2n) is 6.21. The van der Waals surface area contributed by atoms with Crippen molar-refractivity contribution < 1.29 is 17.6 Å². The molecule has 27 heavy (non-hydrogen) atoms. The highest BCUT2D eigenvalue weighted by Gasteiger charge is 2.15. The van der Waals surface area contributed by atoms with Crippen molar-refractivity contribution in [3.05, 3.63) is 59.9 Å². The van der Waals surface area contributed by atoms with Gasteiger partial charge in [0, 0.05) is 23.0 Å². The van der Waals surface area contributed by atoms with Gasteiger partial charge >= 0.3 is 0 Å². The van der Waals surface area contributed by atoms with E-state index in [1.807, 2.05) is 0 Å². The molecule has 0 saturated carbocycles. The van der Waals surface area contributed by atoms with E-state index < -0.39 is 10.0 Å². The van der Waals surface area contributed by atoms with E-state index in [0.29, 0.717) is 12.1 Å². The summed E-state index contributed by atoms with van der Waals surface area (Å²) in [5.74, 6) is 0.289. The van der Waals surface area contributed by atoms with Crippen molar-refractivity contribution in [3.63, 3.8) is 0 Å². The molecule has 0 saturated heterocycles. The van der Waals surface area contributed by atoms with Gasteiger partial charge in [0.25, 0.3) is 5.91 Å². The number of nitrogens with one attached hydrogen (secondary N) is 2. The first-order chi connectivity index (χ1) is 12.8. The molecule has 2 aromatic carbocycles. The first-order valence-corrected chi connectivity index (χ1v) is 11.0. The fraction of sp³-hybridized carbons (Fsp3) is 0.316. The van der Waals surface area contributed by atoms with Gasteiger partial charge in [-0.25, -0.2) is 17.5 Å². The number of halogens is 1. The van der Waals surface area contributed by atoms with E-state index in [0.717, 1.165) is 17.1 Å². The highest BCUT2D eigenvalue weighted by molar-refractivity contribution is 7.99. The predicted molar refractivity (Wildman–Crippen MR) is 106 cm³/mol. The van der Waals surface area contributed by atoms with Gasteiger partial charge in [0.2, 0.25) is 10.0 Å². The van der Waals surface area contributed by atoms with Gasteiger partial charge in [0.15, 0.2) is 0 Å². The Morgan fingerprint density at radius 2 is 1.70 bits per heavy atom. The monoisotopic (exact) mass is 410 g/mol. The third kappa shape index (κ3) is 6.97. The largest absolute Gasteiger partial charge is 0.352 e. The summed E-state index contributed by atoms with van der Waals surface area (Å²) in [5.41, 5.74) is 0.407. The van der Waals surface area contributed by atoms with Gasteiger partial charge in [-0.1, -0.05) is 0 Å². The summed E-state index contributed by atoms with van der Waals surface area (Å²) in [5, 5.41) is 2.81. The molecule has 1 amide bonds. The third-order valence-electron chi connectivity index (χ3n) is 3.51. The number of hydrogen-bond acceptors (Lipinski definition) is 4. The molecule has 0 unspecified atom stereocenters. The summed E-state index contributed by atoms with van der Waals surface area (Å²) in [6, 6.07) is 11.9. The number of carbonyl (C=O) groups is 1. The molecule has 5 nitrogen and oxygen atoms in total. The van der Waals surface area contributed by atoms with Crippen LogP contribution in [0.1, 0.15) is 30.6 Å². The molecule has 0 bridgehead atoms. The van der Waals surface area contributed by atoms with Crippen LogP contribution in [0.15, 0.2) is 58.3 Å². The number of benzene rings is 2. The summed E-state index contributed by atoms with van der Waals surface area (Å²) in [6.07, 6.45) is 0.762. The maximum Gasteiger partial charge on any atom is 0.251 e. The van der Waals surface area contributed by atoms with Crippen LogP contribution in [0.4, 0.5) is 4.39 Å². The molecule has 0 atom stereocenters. The molecule has 2 aromatic rings. The lowest BCUT2D eigenvalue weighted by Gasteiger charge is -2.10. The van der Waals surface area contributed by atoms with Crippen LogP contribution in [0.25, 0.3) is 0 Å². The van der Waals surface area contributed by atoms with E-state index in [2.05, 4.69) is 10.0 Å². The maximum absolute atomic E-state index is 12.8. The number of rotatable bonds is 9. The van der Waals surface area contributed by atoms with E-state index in [1.165, 1.54) is 36.4 Å². The molecule has 0 fully saturated rings. The minimum Gasteiger partial charge on any atom is -0.352 e. The smallest absolute Gasteiger partial charge is 0.251 e. The summed E-state index contributed by atoms with van der Waals surface area (Å²) in [6.45, 7) is 3.99. The van der Waals surface area contributed by atoms with E-state index in [4.69, 9.17) is 0 Å². The minimum absolute atomic E-state index is 0.128. The Balaban J connectivity index is 1.78. The van der Waals surface area contributed by atoms with Gasteiger partial charge < -0.3 is 5.32 Å². The lowest BCUT2D eigenvalue weighted by Crippen LogP contribution is -2.30. The standard InChI is InChI=1S/C19H23FN2O3S2/c1-14(2)22-27(24,25)18-10-4-15(5-11-18)19(23)21-12-3-13-26-17-8-6-16(20)7-9-17/h4-11,14,22H,3,12-13H2,1-2H3,(H,21,23). The fourth-order valence-corrected chi connectivity index (χ4v) is 4.36. The van der Waals surface area contributed by atoms with Crippen molar-refractivity contribution >= 4 is 27.7 Å². The van der Waals surface area contributed by atoms with Crippen LogP contribution in [-0.4, -0.2) is 32.7 Å². The van der Waals surface area contributed by atoms with Crippen LogP contribution in [0.3, 0.4) is 0 Å². The molecule has 2 N–H and O–H groups in total. The summed E-state index contributed by atoms with van der Waals surface area (Å²) < 4.78 is 39.5. The Labute approximate surface area is 163 Å². The van der Waals surface area contributed by atoms with Crippen molar-refractivity contribution in [1.82, 2.24) is 10.0 Å². The highest BCUT2D eigenvalue weighted by Crippen LogP contribution is 2.18. The zero-order valence-electron chi connectivity index (χ0n) is 15.2. The number of amides is 1. The molecule has 0 aliphatic carbocycles. The number of thioether (sulfide) groups is 1. The first kappa shape index (κ1) is 21.4. The van der Waals surface area contributed by atoms with Gasteiger partial charge in [-0.05, 0) is 74.6 Å². The topological polar surface area (TPSA) is 75.3 Å². The Kier molecular flexibility index (Phi) is 7.82. The van der Waals surface area contributed by atoms with E-state index in [9.17, 15) is 17.6 Å². The van der Waals surface area contributed by atoms with Gasteiger partial charge in [-0.3, -0.25) is 4.79 Å². The van der Waals surface area contributed by atoms with Crippen LogP contribution < -0.4 is 10.0 Å². The van der Waals surface area contributed by atoms with Crippen molar-refractivity contribution in [3.8, 4) is 0 Å². The molecule has 0 heterocycles. The van der Waals surface area contributed by atoms with Crippen LogP contribution in [0.2, 0.25) is 0 Å². The summed E-state index contributed by atoms with van der Waals surface area (Å²) in [7, 11) is -3.56. The third-order valence-corrected chi connectivity index (χ3v) is 6.28. The molecule has 2 rings (SSSR count). The highest BCUT2D eigenvalue weighted by atomic mass is 32.2. The molecule has 0 aliphatic rings. The van der Waals surface area contributed by atoms with E-state index in [1.54, 1.807) is 37.7 Å². The molecule has 0 aromatic heterocycles. The number of hydrogen-bond donors (Lipinski definition) is 2. The molecule has 8 heteroatoms. The van der Waals surface area contributed by atoms with Crippen LogP contribution in [-0.2, 0) is 10.0 Å². The number of carbonyl (C=O) groups excluding carboxylic acids is 1. The lowest BCUT2D eigenvalue weighted by molar-refractivity contribution is 0.0953. The van der Waals surface area contributed by atoms with Crippen LogP contribution >= 0.6 is 11.8 Å². The SMILES string of the molecule is CC(C)NS(=O)(=O)c1ccc(C(=O)NCCCSc2ccc(F)cc2)cc1. The Morgan fingerprint density at radius 1 is 1.07 bits per heavy atom. The maximum atomic E-state index is 12.8. The number of sulfonamides is 1. The van der Waals surface area contributed by atoms with Crippen molar-refractivity contribution in [1.29, 1.82) is 0 Å². The van der Waals surface area contributed by atoms with Crippen molar-refractivity contribution in [2.24, 2.45) is 0 Å². The zero-order valence-corrected chi connectivity index (χ0v) is 16.9. The average molecular weight is 411 g/mol. The second kappa shape index (κ2) is 9.87. The minimum atomic E-state index is -3.56. The Hall–Kier alpha value is -1.90. The van der Waals surface area contributed by atoms with Gasteiger partial charge in [0.05, 0.1) is 4.90 Å². The normalized spacial score (nSPS) is 11.6. The second-order valence-corrected chi connectivity index (χ2v) is 9.09. The summed E-state index contributed by atoms with van der Waals surface area (Å²) >= 11 is 1.59. The molecular formula is C19H23FN2O3S2. The molecule has 0 radical (unpaired) electrons. The molecule has 0 aliphatic heterocycles. The molecule has 0 spiro atoms. The molecule has 146 valence electrons. The molecular weight excluding hydrogens is 387 g/mol. The van der Waals surface area contributed by atoms with Crippen molar-refractivity contribution in [2.45, 2.75) is 36.1 Å². The fourth-order valence-electron chi connectivity index (χ4n) is 2.26. The first-order valence-electron chi connectivity index (χ1n) is 8.57. The Morgan fingerprint density at radius 3 is 2.30 bits per heavy atom. The lowest BCUT2D eigenvalue weighted by atomic mass is 10.2. The van der Waals surface area contributed by atoms with Crippen LogP contribution in [0.5, 0.6) is 0 Å². The quantitative estimate of drug-likeness (QED) is 0.491. The summed E-state index contributed by atoms with van der Waals surface area (Å²) in [4.78, 5) is 13.2. The van der Waals surface area contributed by atoms with Gasteiger partial charge in [-0.2, -0.15) is 0 Å². The zero-order chi connectivity index (χ0) is 19.9.